The van der Waals surface area contributed by atoms with E-state index in [1.54, 1.807) is 13.3 Å². The van der Waals surface area contributed by atoms with E-state index >= 15 is 0 Å². The molecule has 0 radical (unpaired) electrons. The van der Waals surface area contributed by atoms with E-state index in [-0.39, 0.29) is 0 Å². The lowest BCUT2D eigenvalue weighted by Gasteiger charge is -1.68. The first-order valence-electron chi connectivity index (χ1n) is 2.39. The molecule has 0 aliphatic heterocycles. The summed E-state index contributed by atoms with van der Waals surface area (Å²) in [5, 5.41) is 0. The van der Waals surface area contributed by atoms with Crippen molar-refractivity contribution in [3.63, 3.8) is 0 Å². The smallest absolute Gasteiger partial charge is 0.0750 e. The Kier molecular flexibility index (Phi) is 4.22. The number of hydrogen-bond donors (Lipinski definition) is 0. The SMILES string of the molecule is C[P+](=O)CC[P+](C)=O. The first-order chi connectivity index (χ1) is 3.63. The monoisotopic (exact) mass is 152 g/mol. The zero-order valence-corrected chi connectivity index (χ0v) is 6.91. The first-order valence-corrected chi connectivity index (χ1v) is 6.18. The van der Waals surface area contributed by atoms with Gasteiger partial charge in [0.15, 0.2) is 12.3 Å². The van der Waals surface area contributed by atoms with Crippen molar-refractivity contribution in [3.8, 4) is 0 Å². The molecule has 46 valence electrons. The van der Waals surface area contributed by atoms with Crippen LogP contribution in [0.2, 0.25) is 0 Å². The van der Waals surface area contributed by atoms with E-state index < -0.39 is 15.6 Å². The molecule has 0 saturated carbocycles. The maximum absolute atomic E-state index is 10.4. The minimum absolute atomic E-state index is 0.612. The highest BCUT2D eigenvalue weighted by atomic mass is 31.1. The highest BCUT2D eigenvalue weighted by Crippen LogP contribution is 2.21. The van der Waals surface area contributed by atoms with Crippen LogP contribution in [0.1, 0.15) is 0 Å². The summed E-state index contributed by atoms with van der Waals surface area (Å²) in [6, 6.07) is 0. The van der Waals surface area contributed by atoms with E-state index in [9.17, 15) is 9.13 Å². The van der Waals surface area contributed by atoms with Crippen LogP contribution in [-0.2, 0) is 9.13 Å². The molecule has 0 fully saturated rings. The molecule has 0 amide bonds. The molecule has 0 bridgehead atoms. The minimum atomic E-state index is -1.07. The van der Waals surface area contributed by atoms with Gasteiger partial charge in [0, 0.05) is 0 Å². The van der Waals surface area contributed by atoms with Crippen LogP contribution in [0, 0.1) is 0 Å². The predicted octanol–water partition coefficient (Wildman–Crippen LogP) is 1.90. The maximum Gasteiger partial charge on any atom is 0.340 e. The highest BCUT2D eigenvalue weighted by Gasteiger charge is 2.13. The molecule has 0 heterocycles. The molecule has 0 aromatic carbocycles. The van der Waals surface area contributed by atoms with Crippen molar-refractivity contribution in [1.29, 1.82) is 0 Å². The molecule has 0 aliphatic rings. The quantitative estimate of drug-likeness (QED) is 0.578. The van der Waals surface area contributed by atoms with Gasteiger partial charge in [0.2, 0.25) is 0 Å². The van der Waals surface area contributed by atoms with Crippen molar-refractivity contribution in [2.24, 2.45) is 0 Å². The van der Waals surface area contributed by atoms with Gasteiger partial charge in [0.1, 0.15) is 13.3 Å². The molecule has 2 atom stereocenters. The Balaban J connectivity index is 3.18. The number of rotatable bonds is 3. The Morgan fingerprint density at radius 1 is 1.00 bits per heavy atom. The van der Waals surface area contributed by atoms with Gasteiger partial charge < -0.3 is 0 Å². The molecule has 4 heteroatoms. The molecule has 0 aliphatic carbocycles. The molecule has 0 aromatic heterocycles. The lowest BCUT2D eigenvalue weighted by molar-refractivity contribution is 0.586. The van der Waals surface area contributed by atoms with Crippen LogP contribution >= 0.6 is 15.6 Å². The van der Waals surface area contributed by atoms with Crippen molar-refractivity contribution in [2.45, 2.75) is 0 Å². The zero-order chi connectivity index (χ0) is 6.57. The van der Waals surface area contributed by atoms with Crippen LogP contribution < -0.4 is 0 Å². The second-order valence-electron chi connectivity index (χ2n) is 1.70. The van der Waals surface area contributed by atoms with E-state index in [1.807, 2.05) is 0 Å². The van der Waals surface area contributed by atoms with Crippen molar-refractivity contribution < 1.29 is 9.13 Å². The van der Waals surface area contributed by atoms with Gasteiger partial charge in [-0.05, 0) is 0 Å². The van der Waals surface area contributed by atoms with Crippen LogP contribution in [0.25, 0.3) is 0 Å². The third-order valence-corrected chi connectivity index (χ3v) is 2.79. The Bertz CT molecular complexity index is 96.6. The molecular formula is C4H10O2P2+2. The molecule has 0 saturated heterocycles. The first kappa shape index (κ1) is 8.20. The fraction of sp³-hybridized carbons (Fsp3) is 1.00. The fourth-order valence-electron chi connectivity index (χ4n) is 0.282. The van der Waals surface area contributed by atoms with Gasteiger partial charge >= 0.3 is 15.6 Å². The predicted molar refractivity (Wildman–Crippen MR) is 36.8 cm³/mol. The molecule has 2 nitrogen and oxygen atoms in total. The van der Waals surface area contributed by atoms with Gasteiger partial charge in [-0.3, -0.25) is 0 Å². The Labute approximate surface area is 51.2 Å². The van der Waals surface area contributed by atoms with E-state index in [0.29, 0.717) is 12.3 Å². The zero-order valence-electron chi connectivity index (χ0n) is 5.13. The topological polar surface area (TPSA) is 34.1 Å². The molecule has 2 unspecified atom stereocenters. The maximum atomic E-state index is 10.4. The number of hydrogen-bond acceptors (Lipinski definition) is 2. The van der Waals surface area contributed by atoms with Crippen molar-refractivity contribution in [2.75, 3.05) is 25.7 Å². The van der Waals surface area contributed by atoms with E-state index in [1.165, 1.54) is 0 Å². The Hall–Kier alpha value is 0.200. The van der Waals surface area contributed by atoms with Crippen LogP contribution in [0.5, 0.6) is 0 Å². The summed E-state index contributed by atoms with van der Waals surface area (Å²) in [5.41, 5.74) is 0. The second kappa shape index (κ2) is 4.12. The second-order valence-corrected chi connectivity index (χ2v) is 5.11. The Morgan fingerprint density at radius 3 is 1.38 bits per heavy atom. The molecular weight excluding hydrogens is 142 g/mol. The molecule has 0 N–H and O–H groups in total. The normalized spacial score (nSPS) is 13.2. The molecule has 0 rings (SSSR count). The van der Waals surface area contributed by atoms with Crippen molar-refractivity contribution in [1.82, 2.24) is 0 Å². The summed E-state index contributed by atoms with van der Waals surface area (Å²) in [6.45, 7) is 3.32. The van der Waals surface area contributed by atoms with Gasteiger partial charge in [-0.15, -0.1) is 0 Å². The van der Waals surface area contributed by atoms with Crippen molar-refractivity contribution in [3.05, 3.63) is 0 Å². The summed E-state index contributed by atoms with van der Waals surface area (Å²) in [6.07, 6.45) is 1.22. The summed E-state index contributed by atoms with van der Waals surface area (Å²) in [4.78, 5) is 0. The van der Waals surface area contributed by atoms with Gasteiger partial charge in [0.25, 0.3) is 0 Å². The fourth-order valence-corrected chi connectivity index (χ4v) is 2.53. The van der Waals surface area contributed by atoms with Gasteiger partial charge in [-0.25, -0.2) is 0 Å². The van der Waals surface area contributed by atoms with E-state index in [4.69, 9.17) is 0 Å². The summed E-state index contributed by atoms with van der Waals surface area (Å²) >= 11 is 0. The minimum Gasteiger partial charge on any atom is -0.0750 e. The third kappa shape index (κ3) is 6.20. The Morgan fingerprint density at radius 2 is 1.25 bits per heavy atom. The average Bonchev–Trinajstić information content (AvgIpc) is 1.61. The van der Waals surface area contributed by atoms with Crippen LogP contribution in [-0.4, -0.2) is 25.7 Å². The lowest BCUT2D eigenvalue weighted by Crippen LogP contribution is -1.79. The summed E-state index contributed by atoms with van der Waals surface area (Å²) in [7, 11) is -2.13. The summed E-state index contributed by atoms with van der Waals surface area (Å²) in [5.74, 6) is 0. The van der Waals surface area contributed by atoms with Gasteiger partial charge in [0.05, 0.1) is 0 Å². The van der Waals surface area contributed by atoms with Gasteiger partial charge in [-0.1, -0.05) is 9.13 Å². The van der Waals surface area contributed by atoms with Crippen LogP contribution in [0.15, 0.2) is 0 Å². The van der Waals surface area contributed by atoms with E-state index in [0.717, 1.165) is 0 Å². The molecule has 0 aromatic rings. The van der Waals surface area contributed by atoms with E-state index in [2.05, 4.69) is 0 Å². The standard InChI is InChI=1S/C4H10O2P2/c1-7(5)3-4-8(2)6/h3-4H2,1-2H3/q+2. The average molecular weight is 152 g/mol. The van der Waals surface area contributed by atoms with Crippen LogP contribution in [0.3, 0.4) is 0 Å². The third-order valence-electron chi connectivity index (χ3n) is 0.730. The lowest BCUT2D eigenvalue weighted by atomic mass is 11.0. The van der Waals surface area contributed by atoms with Crippen LogP contribution in [0.4, 0.5) is 0 Å². The molecule has 0 spiro atoms. The van der Waals surface area contributed by atoms with Gasteiger partial charge in [-0.2, -0.15) is 0 Å². The molecule has 8 heavy (non-hydrogen) atoms. The van der Waals surface area contributed by atoms with Crippen molar-refractivity contribution >= 4 is 15.6 Å². The highest BCUT2D eigenvalue weighted by molar-refractivity contribution is 7.48. The largest absolute Gasteiger partial charge is 0.340 e. The summed E-state index contributed by atoms with van der Waals surface area (Å²) < 4.78 is 20.7.